The number of hydrogen-bond donors (Lipinski definition) is 0. The van der Waals surface area contributed by atoms with Crippen molar-refractivity contribution in [3.05, 3.63) is 35.4 Å². The number of likely N-dealkylation sites (N-methyl/N-ethyl adjacent to an activating group) is 1. The number of carbonyl (C=O) groups is 2. The fraction of sp³-hybridized carbons (Fsp3) is 0.467. The third-order valence-electron chi connectivity index (χ3n) is 4.14. The molecule has 0 bridgehead atoms. The summed E-state index contributed by atoms with van der Waals surface area (Å²) < 4.78 is 0. The van der Waals surface area contributed by atoms with E-state index in [1.54, 1.807) is 0 Å². The van der Waals surface area contributed by atoms with Gasteiger partial charge in [-0.1, -0.05) is 24.3 Å². The van der Waals surface area contributed by atoms with E-state index in [0.29, 0.717) is 13.0 Å². The molecule has 0 spiro atoms. The molecule has 0 radical (unpaired) electrons. The molecule has 100 valence electrons. The van der Waals surface area contributed by atoms with E-state index in [-0.39, 0.29) is 17.9 Å². The van der Waals surface area contributed by atoms with Crippen LogP contribution >= 0.6 is 0 Å². The maximum Gasteiger partial charge on any atom is 0.247 e. The Hall–Kier alpha value is -1.68. The van der Waals surface area contributed by atoms with Gasteiger partial charge in [0.15, 0.2) is 0 Å². The van der Waals surface area contributed by atoms with Gasteiger partial charge < -0.3 is 0 Å². The molecule has 2 aliphatic heterocycles. The monoisotopic (exact) mass is 258 g/mol. The first-order valence-corrected chi connectivity index (χ1v) is 6.85. The van der Waals surface area contributed by atoms with Crippen LogP contribution in [0.25, 0.3) is 0 Å². The molecule has 0 aliphatic carbocycles. The van der Waals surface area contributed by atoms with Crippen LogP contribution in [0.5, 0.6) is 0 Å². The van der Waals surface area contributed by atoms with Gasteiger partial charge in [0.1, 0.15) is 0 Å². The van der Waals surface area contributed by atoms with Crippen LogP contribution in [0.3, 0.4) is 0 Å². The van der Waals surface area contributed by atoms with Crippen molar-refractivity contribution in [2.24, 2.45) is 0 Å². The quantitative estimate of drug-likeness (QED) is 0.748. The van der Waals surface area contributed by atoms with Crippen LogP contribution in [-0.2, 0) is 22.6 Å². The van der Waals surface area contributed by atoms with E-state index < -0.39 is 0 Å². The highest BCUT2D eigenvalue weighted by molar-refractivity contribution is 6.05. The van der Waals surface area contributed by atoms with Crippen LogP contribution in [-0.4, -0.2) is 40.7 Å². The molecule has 0 N–H and O–H groups in total. The number of likely N-dealkylation sites (tertiary alicyclic amines) is 1. The highest BCUT2D eigenvalue weighted by Gasteiger charge is 2.41. The standard InChI is InChI=1S/C15H18N2O2/c1-2-17-14(18)9-13(15(17)19)16-8-7-11-5-3-4-6-12(11)10-16/h3-6,13H,2,7-10H2,1H3. The van der Waals surface area contributed by atoms with Crippen molar-refractivity contribution in [2.45, 2.75) is 32.4 Å². The molecule has 1 aromatic carbocycles. The van der Waals surface area contributed by atoms with Gasteiger partial charge in [0.25, 0.3) is 0 Å². The second kappa shape index (κ2) is 4.78. The topological polar surface area (TPSA) is 40.6 Å². The molecule has 1 aromatic rings. The molecule has 2 amide bonds. The highest BCUT2D eigenvalue weighted by Crippen LogP contribution is 2.25. The molecule has 0 aromatic heterocycles. The summed E-state index contributed by atoms with van der Waals surface area (Å²) in [7, 11) is 0. The zero-order chi connectivity index (χ0) is 13.4. The predicted molar refractivity (Wildman–Crippen MR) is 71.4 cm³/mol. The number of hydrogen-bond acceptors (Lipinski definition) is 3. The molecule has 1 fully saturated rings. The SMILES string of the molecule is CCN1C(=O)CC(N2CCc3ccccc3C2)C1=O. The first-order chi connectivity index (χ1) is 9.20. The van der Waals surface area contributed by atoms with E-state index in [4.69, 9.17) is 0 Å². The molecular formula is C15H18N2O2. The number of carbonyl (C=O) groups excluding carboxylic acids is 2. The normalized spacial score (nSPS) is 23.8. The van der Waals surface area contributed by atoms with Gasteiger partial charge in [-0.25, -0.2) is 0 Å². The zero-order valence-corrected chi connectivity index (χ0v) is 11.1. The summed E-state index contributed by atoms with van der Waals surface area (Å²) in [6, 6.07) is 8.09. The van der Waals surface area contributed by atoms with Gasteiger partial charge in [-0.05, 0) is 24.5 Å². The molecule has 1 unspecified atom stereocenters. The van der Waals surface area contributed by atoms with Crippen molar-refractivity contribution < 1.29 is 9.59 Å². The Morgan fingerprint density at radius 1 is 1.21 bits per heavy atom. The van der Waals surface area contributed by atoms with Gasteiger partial charge in [0.05, 0.1) is 12.5 Å². The second-order valence-electron chi connectivity index (χ2n) is 5.19. The van der Waals surface area contributed by atoms with Crippen molar-refractivity contribution in [3.63, 3.8) is 0 Å². The Bertz CT molecular complexity index is 527. The van der Waals surface area contributed by atoms with Gasteiger partial charge in [-0.2, -0.15) is 0 Å². The summed E-state index contributed by atoms with van der Waals surface area (Å²) in [5.74, 6) is -0.0526. The van der Waals surface area contributed by atoms with E-state index in [2.05, 4.69) is 23.1 Å². The molecule has 4 nitrogen and oxygen atoms in total. The molecule has 2 aliphatic rings. The molecule has 0 saturated carbocycles. The van der Waals surface area contributed by atoms with Crippen molar-refractivity contribution in [2.75, 3.05) is 13.1 Å². The maximum absolute atomic E-state index is 12.2. The largest absolute Gasteiger partial charge is 0.287 e. The minimum Gasteiger partial charge on any atom is -0.287 e. The number of rotatable bonds is 2. The summed E-state index contributed by atoms with van der Waals surface area (Å²) in [4.78, 5) is 27.5. The van der Waals surface area contributed by atoms with Crippen LogP contribution in [0.4, 0.5) is 0 Å². The van der Waals surface area contributed by atoms with Crippen LogP contribution < -0.4 is 0 Å². The molecule has 2 heterocycles. The Morgan fingerprint density at radius 2 is 1.95 bits per heavy atom. The highest BCUT2D eigenvalue weighted by atomic mass is 16.2. The van der Waals surface area contributed by atoms with Crippen LogP contribution in [0.15, 0.2) is 24.3 Å². The van der Waals surface area contributed by atoms with E-state index in [1.807, 2.05) is 13.0 Å². The predicted octanol–water partition coefficient (Wildman–Crippen LogP) is 1.19. The average Bonchev–Trinajstić information content (AvgIpc) is 2.73. The van der Waals surface area contributed by atoms with Gasteiger partial charge in [-0.3, -0.25) is 19.4 Å². The summed E-state index contributed by atoms with van der Waals surface area (Å²) >= 11 is 0. The average molecular weight is 258 g/mol. The van der Waals surface area contributed by atoms with Gasteiger partial charge in [0, 0.05) is 19.6 Å². The minimum absolute atomic E-state index is 0.0214. The van der Waals surface area contributed by atoms with Crippen molar-refractivity contribution in [1.82, 2.24) is 9.80 Å². The fourth-order valence-corrected chi connectivity index (χ4v) is 3.07. The van der Waals surface area contributed by atoms with Crippen LogP contribution in [0, 0.1) is 0 Å². The third kappa shape index (κ3) is 2.06. The lowest BCUT2D eigenvalue weighted by atomic mass is 9.98. The van der Waals surface area contributed by atoms with E-state index >= 15 is 0 Å². The number of amides is 2. The smallest absolute Gasteiger partial charge is 0.247 e. The van der Waals surface area contributed by atoms with Gasteiger partial charge >= 0.3 is 0 Å². The molecule has 19 heavy (non-hydrogen) atoms. The summed E-state index contributed by atoms with van der Waals surface area (Å²) in [6.45, 7) is 3.97. The lowest BCUT2D eigenvalue weighted by molar-refractivity contribution is -0.139. The lowest BCUT2D eigenvalue weighted by Gasteiger charge is -2.32. The molecule has 1 saturated heterocycles. The summed E-state index contributed by atoms with van der Waals surface area (Å²) in [5, 5.41) is 0. The van der Waals surface area contributed by atoms with E-state index in [0.717, 1.165) is 19.5 Å². The second-order valence-corrected chi connectivity index (χ2v) is 5.19. The summed E-state index contributed by atoms with van der Waals surface area (Å²) in [5.41, 5.74) is 2.65. The minimum atomic E-state index is -0.249. The third-order valence-corrected chi connectivity index (χ3v) is 4.14. The molecule has 4 heteroatoms. The molecule has 3 rings (SSSR count). The zero-order valence-electron chi connectivity index (χ0n) is 11.1. The number of nitrogens with zero attached hydrogens (tertiary/aromatic N) is 2. The lowest BCUT2D eigenvalue weighted by Crippen LogP contribution is -2.44. The van der Waals surface area contributed by atoms with Gasteiger partial charge in [-0.15, -0.1) is 0 Å². The van der Waals surface area contributed by atoms with Crippen molar-refractivity contribution >= 4 is 11.8 Å². The first kappa shape index (κ1) is 12.4. The number of benzene rings is 1. The first-order valence-electron chi connectivity index (χ1n) is 6.85. The van der Waals surface area contributed by atoms with E-state index in [1.165, 1.54) is 16.0 Å². The molecule has 1 atom stereocenters. The van der Waals surface area contributed by atoms with Gasteiger partial charge in [0.2, 0.25) is 11.8 Å². The number of imide groups is 1. The van der Waals surface area contributed by atoms with Crippen molar-refractivity contribution in [1.29, 1.82) is 0 Å². The van der Waals surface area contributed by atoms with Crippen LogP contribution in [0.1, 0.15) is 24.5 Å². The fourth-order valence-electron chi connectivity index (χ4n) is 3.07. The van der Waals surface area contributed by atoms with Crippen molar-refractivity contribution in [3.8, 4) is 0 Å². The van der Waals surface area contributed by atoms with Crippen LogP contribution in [0.2, 0.25) is 0 Å². The maximum atomic E-state index is 12.2. The Labute approximate surface area is 113 Å². The number of fused-ring (bicyclic) bond motifs is 1. The Balaban J connectivity index is 1.79. The Kier molecular flexibility index (Phi) is 3.11. The molecular weight excluding hydrogens is 240 g/mol. The Morgan fingerprint density at radius 3 is 2.63 bits per heavy atom. The van der Waals surface area contributed by atoms with E-state index in [9.17, 15) is 9.59 Å². The summed E-state index contributed by atoms with van der Waals surface area (Å²) in [6.07, 6.45) is 1.30.